The van der Waals surface area contributed by atoms with Gasteiger partial charge < -0.3 is 19.7 Å². The van der Waals surface area contributed by atoms with Gasteiger partial charge in [0.15, 0.2) is 17.5 Å². The number of rotatable bonds is 9. The average molecular weight is 559 g/mol. The molecule has 1 aliphatic rings. The highest BCUT2D eigenvalue weighted by Gasteiger charge is 2.19. The number of nitrogens with one attached hydrogen (secondary N) is 1. The second-order valence-electron chi connectivity index (χ2n) is 7.49. The molecule has 3 rings (SSSR count). The normalized spacial score (nSPS) is 13.9. The number of benzene rings is 1. The van der Waals surface area contributed by atoms with Crippen molar-refractivity contribution < 1.29 is 9.47 Å². The monoisotopic (exact) mass is 558 g/mol. The smallest absolute Gasteiger partial charge is 0.193 e. The van der Waals surface area contributed by atoms with Crippen molar-refractivity contribution in [1.29, 1.82) is 0 Å². The van der Waals surface area contributed by atoms with Gasteiger partial charge in [-0.2, -0.15) is 0 Å². The minimum Gasteiger partial charge on any atom is -0.493 e. The minimum atomic E-state index is 0. The van der Waals surface area contributed by atoms with Crippen LogP contribution in [-0.4, -0.2) is 69.8 Å². The van der Waals surface area contributed by atoms with E-state index in [9.17, 15) is 0 Å². The topological polar surface area (TPSA) is 49.3 Å². The van der Waals surface area contributed by atoms with Crippen LogP contribution >= 0.6 is 35.3 Å². The molecule has 0 unspecified atom stereocenters. The van der Waals surface area contributed by atoms with Crippen LogP contribution < -0.4 is 14.8 Å². The third kappa shape index (κ3) is 7.25. The number of halogens is 1. The van der Waals surface area contributed by atoms with Crippen molar-refractivity contribution in [2.24, 2.45) is 4.99 Å². The average Bonchev–Trinajstić information content (AvgIpc) is 3.29. The molecule has 0 amide bonds. The van der Waals surface area contributed by atoms with Gasteiger partial charge in [0.25, 0.3) is 0 Å². The molecule has 0 saturated heterocycles. The molecule has 8 heteroatoms. The molecule has 1 N–H and O–H groups in total. The standard InChI is InChI=1S/C23H34N4O2S.HI/c1-5-24-23(26(2)11-9-20-7-6-14-30-20)25-10-13-27-12-8-18-15-21(28-3)22(29-4)16-19(18)17-27;/h6-7,14-16H,5,8-13,17H2,1-4H3,(H,24,25);1H. The summed E-state index contributed by atoms with van der Waals surface area (Å²) in [5, 5.41) is 5.56. The molecule has 0 fully saturated rings. The summed E-state index contributed by atoms with van der Waals surface area (Å²) in [5.74, 6) is 2.60. The van der Waals surface area contributed by atoms with Gasteiger partial charge in [0.05, 0.1) is 20.8 Å². The van der Waals surface area contributed by atoms with E-state index in [4.69, 9.17) is 14.5 Å². The van der Waals surface area contributed by atoms with Gasteiger partial charge in [-0.15, -0.1) is 35.3 Å². The van der Waals surface area contributed by atoms with Crippen molar-refractivity contribution in [3.05, 3.63) is 45.6 Å². The number of methoxy groups -OCH3 is 2. The van der Waals surface area contributed by atoms with Crippen molar-refractivity contribution in [1.82, 2.24) is 15.1 Å². The number of likely N-dealkylation sites (N-methyl/N-ethyl adjacent to an activating group) is 1. The van der Waals surface area contributed by atoms with Gasteiger partial charge in [-0.25, -0.2) is 0 Å². The first-order valence-electron chi connectivity index (χ1n) is 10.6. The Morgan fingerprint density at radius 3 is 2.61 bits per heavy atom. The zero-order valence-corrected chi connectivity index (χ0v) is 22.2. The zero-order chi connectivity index (χ0) is 21.3. The lowest BCUT2D eigenvalue weighted by Crippen LogP contribution is -2.40. The molecule has 0 spiro atoms. The molecule has 1 aromatic heterocycles. The van der Waals surface area contributed by atoms with Crippen LogP contribution in [0.1, 0.15) is 22.9 Å². The van der Waals surface area contributed by atoms with E-state index in [0.29, 0.717) is 0 Å². The van der Waals surface area contributed by atoms with Crippen molar-refractivity contribution in [3.8, 4) is 11.5 Å². The fourth-order valence-electron chi connectivity index (χ4n) is 3.74. The number of fused-ring (bicyclic) bond motifs is 1. The molecule has 2 heterocycles. The van der Waals surface area contributed by atoms with Crippen LogP contribution in [0.25, 0.3) is 0 Å². The number of aliphatic imine (C=N–C) groups is 1. The first-order chi connectivity index (χ1) is 14.6. The highest BCUT2D eigenvalue weighted by Crippen LogP contribution is 2.33. The molecule has 1 aromatic carbocycles. The number of guanidine groups is 1. The molecule has 0 atom stereocenters. The molecule has 0 aliphatic carbocycles. The third-order valence-electron chi connectivity index (χ3n) is 5.45. The Labute approximate surface area is 207 Å². The maximum Gasteiger partial charge on any atom is 0.193 e. The Hall–Kier alpha value is -1.52. The highest BCUT2D eigenvalue weighted by atomic mass is 127. The largest absolute Gasteiger partial charge is 0.493 e. The molecule has 0 bridgehead atoms. The summed E-state index contributed by atoms with van der Waals surface area (Å²) in [6.07, 6.45) is 2.08. The molecule has 31 heavy (non-hydrogen) atoms. The molecular formula is C23H35IN4O2S. The Morgan fingerprint density at radius 2 is 1.97 bits per heavy atom. The molecular weight excluding hydrogens is 523 g/mol. The molecule has 0 saturated carbocycles. The van der Waals surface area contributed by atoms with Crippen LogP contribution in [-0.2, 0) is 19.4 Å². The van der Waals surface area contributed by atoms with Crippen LogP contribution in [0.2, 0.25) is 0 Å². The van der Waals surface area contributed by atoms with Crippen molar-refractivity contribution in [2.75, 3.05) is 54.0 Å². The maximum absolute atomic E-state index is 5.47. The number of nitrogens with zero attached hydrogens (tertiary/aromatic N) is 3. The van der Waals surface area contributed by atoms with Crippen LogP contribution in [0.3, 0.4) is 0 Å². The molecule has 2 aromatic rings. The number of ether oxygens (including phenoxy) is 2. The van der Waals surface area contributed by atoms with Gasteiger partial charge >= 0.3 is 0 Å². The lowest BCUT2D eigenvalue weighted by Gasteiger charge is -2.29. The van der Waals surface area contributed by atoms with E-state index in [1.165, 1.54) is 16.0 Å². The number of hydrogen-bond donors (Lipinski definition) is 1. The second kappa shape index (κ2) is 13.1. The van der Waals surface area contributed by atoms with E-state index < -0.39 is 0 Å². The van der Waals surface area contributed by atoms with Crippen LogP contribution in [0.4, 0.5) is 0 Å². The Balaban J connectivity index is 0.00000341. The minimum absolute atomic E-state index is 0. The molecule has 6 nitrogen and oxygen atoms in total. The summed E-state index contributed by atoms with van der Waals surface area (Å²) in [6, 6.07) is 8.55. The van der Waals surface area contributed by atoms with Gasteiger partial charge in [0.2, 0.25) is 0 Å². The summed E-state index contributed by atoms with van der Waals surface area (Å²) in [5.41, 5.74) is 2.68. The van der Waals surface area contributed by atoms with Gasteiger partial charge in [0.1, 0.15) is 0 Å². The van der Waals surface area contributed by atoms with Crippen LogP contribution in [0.5, 0.6) is 11.5 Å². The quantitative estimate of drug-likeness (QED) is 0.288. The summed E-state index contributed by atoms with van der Waals surface area (Å²) < 4.78 is 10.9. The Bertz CT molecular complexity index is 829. The SMILES string of the molecule is CCNC(=NCCN1CCc2cc(OC)c(OC)cc2C1)N(C)CCc1cccs1.I. The predicted molar refractivity (Wildman–Crippen MR) is 141 cm³/mol. The second-order valence-corrected chi connectivity index (χ2v) is 8.52. The van der Waals surface area contributed by atoms with E-state index >= 15 is 0 Å². The van der Waals surface area contributed by atoms with Gasteiger partial charge in [-0.3, -0.25) is 9.89 Å². The zero-order valence-electron chi connectivity index (χ0n) is 19.0. The van der Waals surface area contributed by atoms with Crippen molar-refractivity contribution in [3.63, 3.8) is 0 Å². The summed E-state index contributed by atoms with van der Waals surface area (Å²) in [4.78, 5) is 11.0. The summed E-state index contributed by atoms with van der Waals surface area (Å²) >= 11 is 1.82. The Kier molecular flexibility index (Phi) is 10.9. The fourth-order valence-corrected chi connectivity index (χ4v) is 4.44. The van der Waals surface area contributed by atoms with E-state index in [2.05, 4.69) is 58.7 Å². The van der Waals surface area contributed by atoms with E-state index in [1.807, 2.05) is 11.3 Å². The number of thiophene rings is 1. The fraction of sp³-hybridized carbons (Fsp3) is 0.522. The van der Waals surface area contributed by atoms with Crippen LogP contribution in [0, 0.1) is 0 Å². The van der Waals surface area contributed by atoms with Crippen molar-refractivity contribution >= 4 is 41.3 Å². The lowest BCUT2D eigenvalue weighted by atomic mass is 9.99. The first kappa shape index (κ1) is 25.7. The van der Waals surface area contributed by atoms with Gasteiger partial charge in [0, 0.05) is 44.6 Å². The van der Waals surface area contributed by atoms with E-state index in [-0.39, 0.29) is 24.0 Å². The molecule has 172 valence electrons. The maximum atomic E-state index is 5.47. The summed E-state index contributed by atoms with van der Waals surface area (Å²) in [7, 11) is 5.50. The van der Waals surface area contributed by atoms with E-state index in [1.54, 1.807) is 14.2 Å². The summed E-state index contributed by atoms with van der Waals surface area (Å²) in [6.45, 7) is 7.66. The lowest BCUT2D eigenvalue weighted by molar-refractivity contribution is 0.259. The van der Waals surface area contributed by atoms with Gasteiger partial charge in [-0.05, 0) is 54.5 Å². The predicted octanol–water partition coefficient (Wildman–Crippen LogP) is 3.88. The molecule has 0 radical (unpaired) electrons. The Morgan fingerprint density at radius 1 is 1.23 bits per heavy atom. The highest BCUT2D eigenvalue weighted by molar-refractivity contribution is 14.0. The third-order valence-corrected chi connectivity index (χ3v) is 6.38. The van der Waals surface area contributed by atoms with Gasteiger partial charge in [-0.1, -0.05) is 6.07 Å². The number of hydrogen-bond acceptors (Lipinski definition) is 5. The molecule has 1 aliphatic heterocycles. The van der Waals surface area contributed by atoms with Crippen LogP contribution in [0.15, 0.2) is 34.6 Å². The van der Waals surface area contributed by atoms with Crippen molar-refractivity contribution in [2.45, 2.75) is 26.3 Å². The van der Waals surface area contributed by atoms with E-state index in [0.717, 1.165) is 69.6 Å². The first-order valence-corrected chi connectivity index (χ1v) is 11.5.